The third kappa shape index (κ3) is 26.2. The molecule has 0 aromatic carbocycles. The Kier molecular flexibility index (Phi) is 28.6. The fourth-order valence-electron chi connectivity index (χ4n) is 5.74. The van der Waals surface area contributed by atoms with E-state index in [1.165, 1.54) is 13.8 Å². The number of rotatable bonds is 33. The van der Waals surface area contributed by atoms with Crippen molar-refractivity contribution in [2.24, 2.45) is 29.0 Å². The lowest BCUT2D eigenvalue weighted by molar-refractivity contribution is -0.143. The van der Waals surface area contributed by atoms with Crippen molar-refractivity contribution in [3.05, 3.63) is 0 Å². The van der Waals surface area contributed by atoms with Gasteiger partial charge in [0.1, 0.15) is 36.3 Å². The summed E-state index contributed by atoms with van der Waals surface area (Å²) in [6, 6.07) is -9.07. The first-order valence-corrected chi connectivity index (χ1v) is 21.8. The molecule has 0 aliphatic rings. The molecule has 0 aliphatic carbocycles. The van der Waals surface area contributed by atoms with E-state index in [4.69, 9.17) is 22.3 Å². The summed E-state index contributed by atoms with van der Waals surface area (Å²) in [6.07, 6.45) is -0.333. The molecule has 7 atom stereocenters. The van der Waals surface area contributed by atoms with Crippen molar-refractivity contribution in [1.29, 1.82) is 0 Å². The number of amides is 11. The van der Waals surface area contributed by atoms with Gasteiger partial charge in [-0.2, -0.15) is 0 Å². The number of carboxylic acids is 2. The number of primary amides is 1. The lowest BCUT2D eigenvalue weighted by Gasteiger charge is -2.25. The van der Waals surface area contributed by atoms with Crippen LogP contribution < -0.4 is 70.4 Å². The van der Waals surface area contributed by atoms with Crippen LogP contribution >= 0.6 is 0 Å². The minimum Gasteiger partial charge on any atom is -0.481 e. The van der Waals surface area contributed by atoms with Gasteiger partial charge in [0, 0.05) is 6.42 Å². The molecule has 28 heteroatoms. The third-order valence-corrected chi connectivity index (χ3v) is 9.47. The van der Waals surface area contributed by atoms with Gasteiger partial charge >= 0.3 is 11.9 Å². The molecular weight excluding hydrogens is 903 g/mol. The molecule has 0 bridgehead atoms. The van der Waals surface area contributed by atoms with E-state index in [9.17, 15) is 67.4 Å². The summed E-state index contributed by atoms with van der Waals surface area (Å²) >= 11 is 0. The maximum Gasteiger partial charge on any atom is 0.326 e. The van der Waals surface area contributed by atoms with Crippen LogP contribution in [0, 0.1) is 11.8 Å². The van der Waals surface area contributed by atoms with E-state index in [1.54, 1.807) is 27.7 Å². The molecule has 0 rings (SSSR count). The molecule has 0 unspecified atom stereocenters. The highest BCUT2D eigenvalue weighted by molar-refractivity contribution is 5.97. The number of carbonyl (C=O) groups excluding carboxylic acids is 11. The van der Waals surface area contributed by atoms with Gasteiger partial charge in [0.15, 0.2) is 0 Å². The van der Waals surface area contributed by atoms with Crippen LogP contribution in [0.25, 0.3) is 0 Å². The Labute approximate surface area is 392 Å². The molecular formula is C40H69N13O15. The molecule has 0 radical (unpaired) electrons. The fraction of sp³-hybridized carbons (Fsp3) is 0.675. The number of hydrogen-bond donors (Lipinski definition) is 15. The Balaban J connectivity index is 5.32. The van der Waals surface area contributed by atoms with Crippen molar-refractivity contribution in [3.63, 3.8) is 0 Å². The summed E-state index contributed by atoms with van der Waals surface area (Å²) in [5, 5.41) is 41.4. The van der Waals surface area contributed by atoms with Gasteiger partial charge in [-0.3, -0.25) is 57.5 Å². The topological polar surface area (TPSA) is 461 Å². The Morgan fingerprint density at radius 1 is 0.500 bits per heavy atom. The van der Waals surface area contributed by atoms with Crippen molar-refractivity contribution < 1.29 is 72.5 Å². The highest BCUT2D eigenvalue weighted by Crippen LogP contribution is 2.08. The molecule has 68 heavy (non-hydrogen) atoms. The molecule has 28 nitrogen and oxygen atoms in total. The molecule has 0 spiro atoms. The predicted octanol–water partition coefficient (Wildman–Crippen LogP) is -6.62. The monoisotopic (exact) mass is 972 g/mol. The summed E-state index contributed by atoms with van der Waals surface area (Å²) < 4.78 is 0. The van der Waals surface area contributed by atoms with Crippen LogP contribution in [0.1, 0.15) is 86.5 Å². The van der Waals surface area contributed by atoms with Gasteiger partial charge in [0.2, 0.25) is 65.0 Å². The summed E-state index contributed by atoms with van der Waals surface area (Å²) in [5.74, 6) is -12.5. The lowest BCUT2D eigenvalue weighted by atomic mass is 10.0. The van der Waals surface area contributed by atoms with E-state index in [1.807, 2.05) is 0 Å². The van der Waals surface area contributed by atoms with E-state index in [0.717, 1.165) is 0 Å². The SMILES string of the molecule is CC(C)C[C@H](NC(=O)[C@H](CCC(N)=O)NC(=O)[C@H](C)NC(=O)CNC(=O)CNC(=O)[C@H](C)NC(=O)[C@H](CCCCN)NC(=O)CNC(=O)[C@@H](N)CC(=O)O)C(=O)NCC(=O)N[C@H](C(=O)O)C(C)C. The highest BCUT2D eigenvalue weighted by atomic mass is 16.4. The van der Waals surface area contributed by atoms with Gasteiger partial charge in [0.25, 0.3) is 0 Å². The molecule has 11 amide bonds. The van der Waals surface area contributed by atoms with Gasteiger partial charge < -0.3 is 80.6 Å². The van der Waals surface area contributed by atoms with Crippen LogP contribution in [0.15, 0.2) is 0 Å². The molecule has 0 aliphatic heterocycles. The fourth-order valence-corrected chi connectivity index (χ4v) is 5.74. The average Bonchev–Trinajstić information content (AvgIpc) is 3.24. The largest absolute Gasteiger partial charge is 0.481 e. The number of nitrogens with two attached hydrogens (primary N) is 3. The molecule has 0 aromatic heterocycles. The van der Waals surface area contributed by atoms with E-state index in [-0.39, 0.29) is 38.1 Å². The van der Waals surface area contributed by atoms with Gasteiger partial charge in [-0.25, -0.2) is 4.79 Å². The average molecular weight is 972 g/mol. The van der Waals surface area contributed by atoms with Crippen molar-refractivity contribution in [1.82, 2.24) is 53.2 Å². The van der Waals surface area contributed by atoms with Gasteiger partial charge in [-0.1, -0.05) is 27.7 Å². The first-order chi connectivity index (χ1) is 31.7. The minimum atomic E-state index is -1.45. The van der Waals surface area contributed by atoms with Crippen LogP contribution in [-0.4, -0.2) is 162 Å². The molecule has 0 saturated heterocycles. The van der Waals surface area contributed by atoms with Crippen molar-refractivity contribution in [3.8, 4) is 0 Å². The van der Waals surface area contributed by atoms with Crippen LogP contribution in [0.5, 0.6) is 0 Å². The van der Waals surface area contributed by atoms with E-state index < -0.39 is 158 Å². The predicted molar refractivity (Wildman–Crippen MR) is 238 cm³/mol. The van der Waals surface area contributed by atoms with Crippen molar-refractivity contribution in [2.45, 2.75) is 129 Å². The number of unbranched alkanes of at least 4 members (excludes halogenated alkanes) is 1. The summed E-state index contributed by atoms with van der Waals surface area (Å²) in [6.45, 7) is 6.88. The summed E-state index contributed by atoms with van der Waals surface area (Å²) in [5.41, 5.74) is 16.3. The van der Waals surface area contributed by atoms with E-state index >= 15 is 0 Å². The molecule has 0 fully saturated rings. The number of carbonyl (C=O) groups is 13. The van der Waals surface area contributed by atoms with Crippen LogP contribution in [0.4, 0.5) is 0 Å². The number of carboxylic acid groups (broad SMARTS) is 2. The second kappa shape index (κ2) is 31.9. The standard InChI is InChI=1S/C40H69N13O15/c1-19(2)13-26(37(64)47-18-31(58)53-33(20(3)4)40(67)68)52-39(66)25(10-11-27(43)54)51-35(62)22(6)48-29(56)16-44-28(55)15-45-34(61)21(5)49-38(65)24(9-7-8-12-41)50-30(57)17-46-36(63)23(42)14-32(59)60/h19-26,33H,7-18,41-42H2,1-6H3,(H2,43,54)(H,44,55)(H,45,61)(H,46,63)(H,47,64)(H,48,56)(H,49,65)(H,50,57)(H,51,62)(H,52,66)(H,53,58)(H,59,60)(H,67,68)/t21-,22-,23-,24-,25-,26-,33-/m0/s1. The minimum absolute atomic E-state index is 0.0660. The highest BCUT2D eigenvalue weighted by Gasteiger charge is 2.31. The molecule has 0 saturated carbocycles. The van der Waals surface area contributed by atoms with Crippen molar-refractivity contribution >= 4 is 76.9 Å². The maximum atomic E-state index is 13.4. The number of hydrogen-bond acceptors (Lipinski definition) is 15. The Morgan fingerprint density at radius 3 is 1.53 bits per heavy atom. The summed E-state index contributed by atoms with van der Waals surface area (Å²) in [4.78, 5) is 161. The molecule has 384 valence electrons. The van der Waals surface area contributed by atoms with Crippen LogP contribution in [0.2, 0.25) is 0 Å². The zero-order valence-corrected chi connectivity index (χ0v) is 39.1. The zero-order chi connectivity index (χ0) is 52.3. The Morgan fingerprint density at radius 2 is 0.985 bits per heavy atom. The first kappa shape index (κ1) is 61.0. The Bertz CT molecular complexity index is 1810. The van der Waals surface area contributed by atoms with Crippen LogP contribution in [0.3, 0.4) is 0 Å². The maximum absolute atomic E-state index is 13.4. The smallest absolute Gasteiger partial charge is 0.326 e. The van der Waals surface area contributed by atoms with Crippen molar-refractivity contribution in [2.75, 3.05) is 32.7 Å². The number of nitrogens with one attached hydrogen (secondary N) is 10. The summed E-state index contributed by atoms with van der Waals surface area (Å²) in [7, 11) is 0. The third-order valence-electron chi connectivity index (χ3n) is 9.47. The zero-order valence-electron chi connectivity index (χ0n) is 39.1. The lowest BCUT2D eigenvalue weighted by Crippen LogP contribution is -2.57. The van der Waals surface area contributed by atoms with E-state index in [2.05, 4.69) is 53.2 Å². The second-order valence-electron chi connectivity index (χ2n) is 16.4. The first-order valence-electron chi connectivity index (χ1n) is 21.8. The van der Waals surface area contributed by atoms with E-state index in [0.29, 0.717) is 12.8 Å². The Hall–Kier alpha value is -6.97. The van der Waals surface area contributed by atoms with Gasteiger partial charge in [-0.15, -0.1) is 0 Å². The quantitative estimate of drug-likeness (QED) is 0.0272. The second-order valence-corrected chi connectivity index (χ2v) is 16.4. The molecule has 0 heterocycles. The van der Waals surface area contributed by atoms with Crippen LogP contribution in [-0.2, 0) is 62.3 Å². The number of aliphatic carboxylic acids is 2. The van der Waals surface area contributed by atoms with Gasteiger partial charge in [0.05, 0.1) is 38.6 Å². The molecule has 18 N–H and O–H groups in total. The normalized spacial score (nSPS) is 13.9. The van der Waals surface area contributed by atoms with Gasteiger partial charge in [-0.05, 0) is 64.3 Å². The molecule has 0 aromatic rings.